The molecule has 4 nitrogen and oxygen atoms in total. The molecule has 0 aromatic heterocycles. The van der Waals surface area contributed by atoms with Crippen LogP contribution in [0.4, 0.5) is 5.69 Å². The average molecular weight is 234 g/mol. The van der Waals surface area contributed by atoms with E-state index >= 15 is 0 Å². The van der Waals surface area contributed by atoms with Gasteiger partial charge < -0.3 is 15.8 Å². The molecule has 1 aromatic rings. The van der Waals surface area contributed by atoms with Gasteiger partial charge in [-0.25, -0.2) is 0 Å². The van der Waals surface area contributed by atoms with Gasteiger partial charge in [0.05, 0.1) is 12.6 Å². The number of carbonyl (C=O) groups excluding carboxylic acids is 1. The minimum absolute atomic E-state index is 0.146. The maximum absolute atomic E-state index is 10.7. The third-order valence-corrected chi connectivity index (χ3v) is 2.91. The Bertz CT molecular complexity index is 387. The number of nitrogens with two attached hydrogens (primary N) is 1. The lowest BCUT2D eigenvalue weighted by Crippen LogP contribution is -2.21. The van der Waals surface area contributed by atoms with Gasteiger partial charge in [-0.1, -0.05) is 6.07 Å². The van der Waals surface area contributed by atoms with Gasteiger partial charge in [-0.05, 0) is 37.8 Å². The summed E-state index contributed by atoms with van der Waals surface area (Å²) in [4.78, 5) is 10.7. The monoisotopic (exact) mass is 234 g/mol. The molecule has 0 radical (unpaired) electrons. The van der Waals surface area contributed by atoms with Crippen molar-refractivity contribution in [3.05, 3.63) is 24.3 Å². The number of hydrogen-bond donors (Lipinski definition) is 2. The lowest BCUT2D eigenvalue weighted by Gasteiger charge is -2.14. The van der Waals surface area contributed by atoms with E-state index < -0.39 is 0 Å². The van der Waals surface area contributed by atoms with E-state index in [2.05, 4.69) is 5.32 Å². The van der Waals surface area contributed by atoms with Crippen molar-refractivity contribution in [3.63, 3.8) is 0 Å². The molecule has 1 aliphatic rings. The Morgan fingerprint density at radius 3 is 2.88 bits per heavy atom. The fraction of sp³-hybridized carbons (Fsp3) is 0.462. The third kappa shape index (κ3) is 3.66. The Kier molecular flexibility index (Phi) is 3.85. The number of benzene rings is 1. The molecular formula is C13H18N2O2. The second-order valence-electron chi connectivity index (χ2n) is 4.37. The van der Waals surface area contributed by atoms with Gasteiger partial charge in [-0.3, -0.25) is 4.79 Å². The quantitative estimate of drug-likeness (QED) is 0.818. The summed E-state index contributed by atoms with van der Waals surface area (Å²) in [5.41, 5.74) is 5.94. The van der Waals surface area contributed by atoms with Crippen LogP contribution in [-0.4, -0.2) is 18.6 Å². The van der Waals surface area contributed by atoms with Crippen molar-refractivity contribution in [1.29, 1.82) is 0 Å². The Hall–Kier alpha value is -1.71. The molecule has 2 rings (SSSR count). The number of anilines is 1. The zero-order valence-corrected chi connectivity index (χ0v) is 9.82. The van der Waals surface area contributed by atoms with Crippen LogP contribution in [0.5, 0.6) is 5.75 Å². The third-order valence-electron chi connectivity index (χ3n) is 2.91. The summed E-state index contributed by atoms with van der Waals surface area (Å²) >= 11 is 0. The summed E-state index contributed by atoms with van der Waals surface area (Å²) < 4.78 is 5.87. The number of rotatable bonds is 5. The Morgan fingerprint density at radius 1 is 1.41 bits per heavy atom. The second kappa shape index (κ2) is 5.57. The number of ether oxygens (including phenoxy) is 1. The second-order valence-corrected chi connectivity index (χ2v) is 4.37. The van der Waals surface area contributed by atoms with Crippen LogP contribution in [0.1, 0.15) is 25.7 Å². The van der Waals surface area contributed by atoms with E-state index in [1.54, 1.807) is 0 Å². The van der Waals surface area contributed by atoms with Crippen LogP contribution >= 0.6 is 0 Å². The van der Waals surface area contributed by atoms with E-state index in [1.165, 1.54) is 12.8 Å². The van der Waals surface area contributed by atoms with Gasteiger partial charge in [-0.2, -0.15) is 0 Å². The van der Waals surface area contributed by atoms with Crippen molar-refractivity contribution in [1.82, 2.24) is 0 Å². The van der Waals surface area contributed by atoms with Gasteiger partial charge in [-0.15, -0.1) is 0 Å². The average Bonchev–Trinajstić information content (AvgIpc) is 2.80. The molecule has 17 heavy (non-hydrogen) atoms. The van der Waals surface area contributed by atoms with Crippen molar-refractivity contribution < 1.29 is 9.53 Å². The number of nitrogens with one attached hydrogen (secondary N) is 1. The molecule has 3 N–H and O–H groups in total. The summed E-state index contributed by atoms with van der Waals surface area (Å²) in [5.74, 6) is 0.485. The zero-order valence-electron chi connectivity index (χ0n) is 9.82. The zero-order chi connectivity index (χ0) is 12.1. The molecule has 0 heterocycles. The van der Waals surface area contributed by atoms with Crippen molar-refractivity contribution >= 4 is 11.6 Å². The highest BCUT2D eigenvalue weighted by molar-refractivity contribution is 5.78. The number of hydrogen-bond acceptors (Lipinski definition) is 3. The molecule has 1 amide bonds. The lowest BCUT2D eigenvalue weighted by molar-refractivity contribution is -0.116. The summed E-state index contributed by atoms with van der Waals surface area (Å²) in [7, 11) is 0. The van der Waals surface area contributed by atoms with Crippen LogP contribution in [0.3, 0.4) is 0 Å². The minimum Gasteiger partial charge on any atom is -0.490 e. The summed E-state index contributed by atoms with van der Waals surface area (Å²) in [5, 5.41) is 2.95. The van der Waals surface area contributed by atoms with Crippen LogP contribution in [0.25, 0.3) is 0 Å². The maximum Gasteiger partial charge on any atom is 0.236 e. The maximum atomic E-state index is 10.7. The smallest absolute Gasteiger partial charge is 0.236 e. The van der Waals surface area contributed by atoms with E-state index in [0.717, 1.165) is 24.3 Å². The van der Waals surface area contributed by atoms with Crippen molar-refractivity contribution in [2.24, 2.45) is 5.73 Å². The molecule has 0 bridgehead atoms. The number of amides is 1. The standard InChI is InChI=1S/C13H18N2O2/c14-13(16)9-15-10-4-3-7-12(8-10)17-11-5-1-2-6-11/h3-4,7-8,11,15H,1-2,5-6,9H2,(H2,14,16). The highest BCUT2D eigenvalue weighted by Gasteiger charge is 2.16. The molecule has 0 atom stereocenters. The topological polar surface area (TPSA) is 64.4 Å². The summed E-state index contributed by atoms with van der Waals surface area (Å²) in [6.45, 7) is 0.146. The first-order chi connectivity index (χ1) is 8.24. The van der Waals surface area contributed by atoms with Crippen LogP contribution < -0.4 is 15.8 Å². The van der Waals surface area contributed by atoms with Crippen molar-refractivity contribution in [2.75, 3.05) is 11.9 Å². The van der Waals surface area contributed by atoms with Gasteiger partial charge in [0.25, 0.3) is 0 Å². The van der Waals surface area contributed by atoms with Gasteiger partial charge in [0.2, 0.25) is 5.91 Å². The Balaban J connectivity index is 1.93. The minimum atomic E-state index is -0.368. The number of primary amides is 1. The fourth-order valence-corrected chi connectivity index (χ4v) is 2.07. The molecular weight excluding hydrogens is 216 g/mol. The number of carbonyl (C=O) groups is 1. The predicted molar refractivity (Wildman–Crippen MR) is 67.0 cm³/mol. The predicted octanol–water partition coefficient (Wildman–Crippen LogP) is 1.91. The molecule has 1 fully saturated rings. The van der Waals surface area contributed by atoms with Crippen LogP contribution in [-0.2, 0) is 4.79 Å². The van der Waals surface area contributed by atoms with E-state index in [9.17, 15) is 4.79 Å². The SMILES string of the molecule is NC(=O)CNc1cccc(OC2CCCC2)c1. The first kappa shape index (κ1) is 11.8. The summed E-state index contributed by atoms with van der Waals surface area (Å²) in [6, 6.07) is 7.65. The van der Waals surface area contributed by atoms with Crippen LogP contribution in [0.2, 0.25) is 0 Å². The fourth-order valence-electron chi connectivity index (χ4n) is 2.07. The molecule has 0 saturated heterocycles. The molecule has 0 unspecified atom stereocenters. The van der Waals surface area contributed by atoms with E-state index in [4.69, 9.17) is 10.5 Å². The largest absolute Gasteiger partial charge is 0.490 e. The molecule has 1 aliphatic carbocycles. The first-order valence-electron chi connectivity index (χ1n) is 6.03. The molecule has 92 valence electrons. The Labute approximate surface area is 101 Å². The molecule has 4 heteroatoms. The molecule has 0 aliphatic heterocycles. The van der Waals surface area contributed by atoms with E-state index in [-0.39, 0.29) is 12.5 Å². The highest BCUT2D eigenvalue weighted by atomic mass is 16.5. The van der Waals surface area contributed by atoms with E-state index in [1.807, 2.05) is 24.3 Å². The molecule has 1 aromatic carbocycles. The van der Waals surface area contributed by atoms with Gasteiger partial charge in [0, 0.05) is 11.8 Å². The van der Waals surface area contributed by atoms with Crippen LogP contribution in [0.15, 0.2) is 24.3 Å². The molecule has 1 saturated carbocycles. The van der Waals surface area contributed by atoms with E-state index in [0.29, 0.717) is 6.10 Å². The lowest BCUT2D eigenvalue weighted by atomic mass is 10.2. The normalized spacial score (nSPS) is 15.8. The summed E-state index contributed by atoms with van der Waals surface area (Å²) in [6.07, 6.45) is 5.13. The first-order valence-corrected chi connectivity index (χ1v) is 6.03. The van der Waals surface area contributed by atoms with Gasteiger partial charge in [0.15, 0.2) is 0 Å². The van der Waals surface area contributed by atoms with Gasteiger partial charge in [0.1, 0.15) is 5.75 Å². The van der Waals surface area contributed by atoms with Crippen LogP contribution in [0, 0.1) is 0 Å². The van der Waals surface area contributed by atoms with Gasteiger partial charge >= 0.3 is 0 Å². The Morgan fingerprint density at radius 2 is 2.18 bits per heavy atom. The van der Waals surface area contributed by atoms with Crippen molar-refractivity contribution in [3.8, 4) is 5.75 Å². The highest BCUT2D eigenvalue weighted by Crippen LogP contribution is 2.25. The molecule has 0 spiro atoms. The van der Waals surface area contributed by atoms with Crippen molar-refractivity contribution in [2.45, 2.75) is 31.8 Å².